The predicted octanol–water partition coefficient (Wildman–Crippen LogP) is 4.54. The largest absolute Gasteiger partial charge is 0.507 e. The zero-order valence-electron chi connectivity index (χ0n) is 24.2. The second-order valence-corrected chi connectivity index (χ2v) is 11.2. The van der Waals surface area contributed by atoms with Gasteiger partial charge in [-0.15, -0.1) is 0 Å². The van der Waals surface area contributed by atoms with Crippen molar-refractivity contribution in [2.45, 2.75) is 71.7 Å². The SMILES string of the molecule is Cc1cccc(C(C(=O)Nc2ccc3ccccc3c2)N(C(=O)C(CC(N)=O)NC(=O)OC(C)(C)C)C(C)C)c1O. The maximum atomic E-state index is 14.1. The van der Waals surface area contributed by atoms with Gasteiger partial charge in [0.05, 0.1) is 6.42 Å². The Balaban J connectivity index is 2.07. The number of carbonyl (C=O) groups is 4. The van der Waals surface area contributed by atoms with Crippen molar-refractivity contribution in [3.63, 3.8) is 0 Å². The number of phenols is 1. The van der Waals surface area contributed by atoms with Crippen molar-refractivity contribution in [1.29, 1.82) is 0 Å². The monoisotopic (exact) mass is 562 g/mol. The molecule has 0 fully saturated rings. The van der Waals surface area contributed by atoms with E-state index in [1.807, 2.05) is 36.4 Å². The highest BCUT2D eigenvalue weighted by atomic mass is 16.6. The summed E-state index contributed by atoms with van der Waals surface area (Å²) < 4.78 is 5.29. The van der Waals surface area contributed by atoms with E-state index in [1.54, 1.807) is 65.8 Å². The second kappa shape index (κ2) is 12.7. The van der Waals surface area contributed by atoms with Crippen molar-refractivity contribution in [3.05, 3.63) is 71.8 Å². The number of para-hydroxylation sites is 1. The number of phenolic OH excluding ortho intramolecular Hbond substituents is 1. The van der Waals surface area contributed by atoms with E-state index < -0.39 is 54.0 Å². The van der Waals surface area contributed by atoms with E-state index in [4.69, 9.17) is 10.5 Å². The smallest absolute Gasteiger partial charge is 0.408 e. The zero-order valence-corrected chi connectivity index (χ0v) is 24.2. The number of anilines is 1. The quantitative estimate of drug-likeness (QED) is 0.301. The van der Waals surface area contributed by atoms with E-state index in [9.17, 15) is 24.3 Å². The summed E-state index contributed by atoms with van der Waals surface area (Å²) in [7, 11) is 0. The first kappa shape index (κ1) is 30.9. The number of ether oxygens (including phenoxy) is 1. The van der Waals surface area contributed by atoms with Gasteiger partial charge in [0.25, 0.3) is 5.91 Å². The number of fused-ring (bicyclic) bond motifs is 1. The number of nitrogens with zero attached hydrogens (tertiary/aromatic N) is 1. The van der Waals surface area contributed by atoms with Crippen LogP contribution >= 0.6 is 0 Å². The highest BCUT2D eigenvalue weighted by Gasteiger charge is 2.39. The van der Waals surface area contributed by atoms with Gasteiger partial charge < -0.3 is 31.1 Å². The van der Waals surface area contributed by atoms with Crippen LogP contribution in [0.2, 0.25) is 0 Å². The van der Waals surface area contributed by atoms with Gasteiger partial charge in [-0.3, -0.25) is 14.4 Å². The van der Waals surface area contributed by atoms with E-state index in [2.05, 4.69) is 10.6 Å². The molecule has 3 aromatic rings. The van der Waals surface area contributed by atoms with Crippen molar-refractivity contribution in [1.82, 2.24) is 10.2 Å². The molecule has 3 aromatic carbocycles. The van der Waals surface area contributed by atoms with Gasteiger partial charge in [-0.25, -0.2) is 4.79 Å². The molecule has 0 saturated carbocycles. The third-order valence-electron chi connectivity index (χ3n) is 6.31. The fourth-order valence-corrected chi connectivity index (χ4v) is 4.51. The van der Waals surface area contributed by atoms with Crippen LogP contribution in [-0.4, -0.2) is 51.5 Å². The fraction of sp³-hybridized carbons (Fsp3) is 0.355. The Bertz CT molecular complexity index is 1450. The van der Waals surface area contributed by atoms with Gasteiger partial charge in [0.2, 0.25) is 11.8 Å². The molecule has 41 heavy (non-hydrogen) atoms. The number of aryl methyl sites for hydroxylation is 1. The minimum absolute atomic E-state index is 0.156. The fourth-order valence-electron chi connectivity index (χ4n) is 4.51. The number of rotatable bonds is 9. The molecule has 4 amide bonds. The van der Waals surface area contributed by atoms with Crippen molar-refractivity contribution in [2.75, 3.05) is 5.32 Å². The number of nitrogens with one attached hydrogen (secondary N) is 2. The summed E-state index contributed by atoms with van der Waals surface area (Å²) in [6.07, 6.45) is -1.45. The molecule has 0 aromatic heterocycles. The molecule has 0 aliphatic heterocycles. The molecule has 2 atom stereocenters. The summed E-state index contributed by atoms with van der Waals surface area (Å²) in [6, 6.07) is 14.6. The lowest BCUT2D eigenvalue weighted by Crippen LogP contribution is -2.55. The van der Waals surface area contributed by atoms with Gasteiger partial charge in [0, 0.05) is 17.3 Å². The summed E-state index contributed by atoms with van der Waals surface area (Å²) in [5.41, 5.74) is 5.74. The van der Waals surface area contributed by atoms with Crippen molar-refractivity contribution in [3.8, 4) is 5.75 Å². The van der Waals surface area contributed by atoms with Gasteiger partial charge in [-0.1, -0.05) is 48.5 Å². The van der Waals surface area contributed by atoms with Crippen molar-refractivity contribution >= 4 is 40.3 Å². The molecule has 0 aliphatic carbocycles. The van der Waals surface area contributed by atoms with E-state index >= 15 is 0 Å². The molecule has 10 heteroatoms. The lowest BCUT2D eigenvalue weighted by atomic mass is 9.97. The molecule has 2 unspecified atom stereocenters. The lowest BCUT2D eigenvalue weighted by Gasteiger charge is -2.37. The van der Waals surface area contributed by atoms with Crippen LogP contribution in [-0.2, 0) is 19.1 Å². The third-order valence-corrected chi connectivity index (χ3v) is 6.31. The standard InChI is InChI=1S/C31H38N4O6/c1-18(2)35(29(39)24(17-25(32)36)34-30(40)41-31(4,5)6)26(23-13-9-10-19(3)27(23)37)28(38)33-22-15-14-20-11-7-8-12-21(20)16-22/h7-16,18,24,26,37H,17H2,1-6H3,(H2,32,36)(H,33,38)(H,34,40). The molecule has 0 heterocycles. The maximum absolute atomic E-state index is 14.1. The maximum Gasteiger partial charge on any atom is 0.408 e. The highest BCUT2D eigenvalue weighted by molar-refractivity contribution is 6.01. The number of nitrogens with two attached hydrogens (primary N) is 1. The number of hydrogen-bond donors (Lipinski definition) is 4. The van der Waals surface area contributed by atoms with Crippen LogP contribution in [0.15, 0.2) is 60.7 Å². The molecular weight excluding hydrogens is 524 g/mol. The first-order chi connectivity index (χ1) is 19.2. The Kier molecular flexibility index (Phi) is 9.59. The van der Waals surface area contributed by atoms with Gasteiger partial charge >= 0.3 is 6.09 Å². The molecule has 3 rings (SSSR count). The number of alkyl carbamates (subject to hydrolysis) is 1. The average Bonchev–Trinajstić information content (AvgIpc) is 2.86. The minimum atomic E-state index is -1.42. The predicted molar refractivity (Wildman–Crippen MR) is 157 cm³/mol. The molecule has 10 nitrogen and oxygen atoms in total. The Hall–Kier alpha value is -4.60. The Morgan fingerprint density at radius 2 is 1.63 bits per heavy atom. The van der Waals surface area contributed by atoms with Crippen LogP contribution in [0.4, 0.5) is 10.5 Å². The molecule has 0 radical (unpaired) electrons. The molecule has 0 saturated heterocycles. The Morgan fingerprint density at radius 1 is 0.976 bits per heavy atom. The molecule has 0 aliphatic rings. The third kappa shape index (κ3) is 7.97. The van der Waals surface area contributed by atoms with Gasteiger partial charge in [-0.2, -0.15) is 0 Å². The van der Waals surface area contributed by atoms with Gasteiger partial charge in [-0.05, 0) is 70.0 Å². The van der Waals surface area contributed by atoms with Crippen LogP contribution in [0.5, 0.6) is 5.75 Å². The second-order valence-electron chi connectivity index (χ2n) is 11.2. The summed E-state index contributed by atoms with van der Waals surface area (Å²) in [5, 5.41) is 18.2. The molecular formula is C31H38N4O6. The van der Waals surface area contributed by atoms with Gasteiger partial charge in [0.1, 0.15) is 23.4 Å². The Morgan fingerprint density at radius 3 is 2.24 bits per heavy atom. The number of aromatic hydroxyl groups is 1. The topological polar surface area (TPSA) is 151 Å². The van der Waals surface area contributed by atoms with Crippen LogP contribution in [0.1, 0.15) is 58.2 Å². The number of benzene rings is 3. The highest BCUT2D eigenvalue weighted by Crippen LogP contribution is 2.34. The van der Waals surface area contributed by atoms with Crippen LogP contribution < -0.4 is 16.4 Å². The van der Waals surface area contributed by atoms with Crippen LogP contribution in [0.3, 0.4) is 0 Å². The van der Waals surface area contributed by atoms with E-state index in [0.717, 1.165) is 10.8 Å². The summed E-state index contributed by atoms with van der Waals surface area (Å²) >= 11 is 0. The first-order valence-corrected chi connectivity index (χ1v) is 13.4. The lowest BCUT2D eigenvalue weighted by molar-refractivity contribution is -0.144. The van der Waals surface area contributed by atoms with Crippen LogP contribution in [0.25, 0.3) is 10.8 Å². The summed E-state index contributed by atoms with van der Waals surface area (Å²) in [6.45, 7) is 10.0. The molecule has 5 N–H and O–H groups in total. The number of hydrogen-bond acceptors (Lipinski definition) is 6. The minimum Gasteiger partial charge on any atom is -0.507 e. The van der Waals surface area contributed by atoms with Crippen molar-refractivity contribution in [2.24, 2.45) is 5.73 Å². The normalized spacial score (nSPS) is 12.9. The average molecular weight is 563 g/mol. The van der Waals surface area contributed by atoms with E-state index in [-0.39, 0.29) is 11.3 Å². The summed E-state index contributed by atoms with van der Waals surface area (Å²) in [5.74, 6) is -2.34. The Labute approximate surface area is 239 Å². The number of carbonyl (C=O) groups excluding carboxylic acids is 4. The molecule has 0 bridgehead atoms. The van der Waals surface area contributed by atoms with Crippen LogP contribution in [0, 0.1) is 6.92 Å². The first-order valence-electron chi connectivity index (χ1n) is 13.4. The van der Waals surface area contributed by atoms with E-state index in [1.165, 1.54) is 4.90 Å². The molecule has 218 valence electrons. The van der Waals surface area contributed by atoms with Crippen molar-refractivity contribution < 1.29 is 29.0 Å². The number of primary amides is 1. The zero-order chi connectivity index (χ0) is 30.5. The number of amides is 4. The van der Waals surface area contributed by atoms with E-state index in [0.29, 0.717) is 11.3 Å². The molecule has 0 spiro atoms. The summed E-state index contributed by atoms with van der Waals surface area (Å²) in [4.78, 5) is 53.8. The van der Waals surface area contributed by atoms with Gasteiger partial charge in [0.15, 0.2) is 0 Å².